The number of nitrogens with one attached hydrogen (secondary N) is 1. The van der Waals surface area contributed by atoms with E-state index >= 15 is 0 Å². The summed E-state index contributed by atoms with van der Waals surface area (Å²) in [4.78, 5) is 27.2. The van der Waals surface area contributed by atoms with Crippen LogP contribution in [-0.4, -0.2) is 55.5 Å². The number of piperidine rings is 1. The summed E-state index contributed by atoms with van der Waals surface area (Å²) in [5, 5.41) is 2.96. The molecular weight excluding hydrogens is 282 g/mol. The molecule has 1 unspecified atom stereocenters. The number of rotatable bonds is 3. The van der Waals surface area contributed by atoms with E-state index in [9.17, 15) is 9.59 Å². The van der Waals surface area contributed by atoms with E-state index in [1.165, 1.54) is 6.26 Å². The van der Waals surface area contributed by atoms with Crippen LogP contribution in [0.1, 0.15) is 29.8 Å². The van der Waals surface area contributed by atoms with Gasteiger partial charge in [0.2, 0.25) is 0 Å². The molecule has 6 heteroatoms. The summed E-state index contributed by atoms with van der Waals surface area (Å²) in [5.41, 5.74) is 0.333. The first kappa shape index (κ1) is 14.9. The molecule has 1 atom stereocenters. The van der Waals surface area contributed by atoms with E-state index in [4.69, 9.17) is 4.42 Å². The van der Waals surface area contributed by atoms with E-state index in [1.54, 1.807) is 31.1 Å². The molecule has 1 aromatic rings. The lowest BCUT2D eigenvalue weighted by Gasteiger charge is -2.32. The lowest BCUT2D eigenvalue weighted by atomic mass is 9.90. The Morgan fingerprint density at radius 1 is 1.41 bits per heavy atom. The van der Waals surface area contributed by atoms with Crippen molar-refractivity contribution in [3.05, 3.63) is 24.2 Å². The average Bonchev–Trinajstić information content (AvgIpc) is 2.93. The summed E-state index contributed by atoms with van der Waals surface area (Å²) in [7, 11) is 3.49. The average molecular weight is 305 g/mol. The van der Waals surface area contributed by atoms with Gasteiger partial charge in [-0.1, -0.05) is 0 Å². The van der Waals surface area contributed by atoms with Crippen molar-refractivity contribution in [1.82, 2.24) is 15.1 Å². The first-order valence-corrected chi connectivity index (χ1v) is 7.80. The monoisotopic (exact) mass is 305 g/mol. The standard InChI is InChI=1S/C16H23N3O3/c1-18(2)15(21)17-11-12-10-16(12)5-7-19(8-6-16)14(20)13-4-3-9-22-13/h3-4,9,12H,5-8,10-11H2,1-2H3,(H,17,21). The zero-order chi connectivity index (χ0) is 15.7. The second-order valence-corrected chi connectivity index (χ2v) is 6.61. The van der Waals surface area contributed by atoms with Gasteiger partial charge in [-0.05, 0) is 42.7 Å². The molecule has 3 rings (SSSR count). The molecule has 6 nitrogen and oxygen atoms in total. The normalized spacial score (nSPS) is 22.5. The highest BCUT2D eigenvalue weighted by atomic mass is 16.3. The van der Waals surface area contributed by atoms with Crippen LogP contribution in [0.15, 0.2) is 22.8 Å². The van der Waals surface area contributed by atoms with Gasteiger partial charge in [0.15, 0.2) is 5.76 Å². The minimum atomic E-state index is -0.0347. The number of furan rings is 1. The van der Waals surface area contributed by atoms with Crippen molar-refractivity contribution in [3.8, 4) is 0 Å². The van der Waals surface area contributed by atoms with Crippen molar-refractivity contribution in [3.63, 3.8) is 0 Å². The molecule has 1 saturated heterocycles. The van der Waals surface area contributed by atoms with Crippen molar-refractivity contribution >= 4 is 11.9 Å². The summed E-state index contributed by atoms with van der Waals surface area (Å²) in [6.07, 6.45) is 4.72. The smallest absolute Gasteiger partial charge is 0.316 e. The van der Waals surface area contributed by atoms with E-state index in [1.807, 2.05) is 4.90 Å². The lowest BCUT2D eigenvalue weighted by molar-refractivity contribution is 0.0637. The Bertz CT molecular complexity index is 545. The molecule has 0 aromatic carbocycles. The molecule has 2 heterocycles. The number of hydrogen-bond donors (Lipinski definition) is 1. The van der Waals surface area contributed by atoms with Gasteiger partial charge in [-0.2, -0.15) is 0 Å². The molecule has 1 spiro atoms. The Morgan fingerprint density at radius 2 is 2.14 bits per heavy atom. The number of nitrogens with zero attached hydrogens (tertiary/aromatic N) is 2. The van der Waals surface area contributed by atoms with Crippen LogP contribution in [0.5, 0.6) is 0 Å². The SMILES string of the molecule is CN(C)C(=O)NCC1CC12CCN(C(=O)c1ccco1)CC2. The highest BCUT2D eigenvalue weighted by Crippen LogP contribution is 2.59. The quantitative estimate of drug-likeness (QED) is 0.926. The topological polar surface area (TPSA) is 65.8 Å². The Hall–Kier alpha value is -1.98. The fourth-order valence-corrected chi connectivity index (χ4v) is 3.41. The summed E-state index contributed by atoms with van der Waals surface area (Å²) >= 11 is 0. The Balaban J connectivity index is 1.47. The van der Waals surface area contributed by atoms with Gasteiger partial charge in [0.1, 0.15) is 0 Å². The fourth-order valence-electron chi connectivity index (χ4n) is 3.41. The molecule has 3 amide bonds. The molecule has 0 radical (unpaired) electrons. The number of urea groups is 1. The molecule has 1 aromatic heterocycles. The van der Waals surface area contributed by atoms with Crippen LogP contribution in [0, 0.1) is 11.3 Å². The van der Waals surface area contributed by atoms with Crippen LogP contribution < -0.4 is 5.32 Å². The third-order valence-electron chi connectivity index (χ3n) is 5.04. The maximum Gasteiger partial charge on any atom is 0.316 e. The number of hydrogen-bond acceptors (Lipinski definition) is 3. The van der Waals surface area contributed by atoms with Crippen LogP contribution in [0.25, 0.3) is 0 Å². The second-order valence-electron chi connectivity index (χ2n) is 6.61. The molecule has 22 heavy (non-hydrogen) atoms. The van der Waals surface area contributed by atoms with Crippen LogP contribution in [0.4, 0.5) is 4.79 Å². The third-order valence-corrected chi connectivity index (χ3v) is 5.04. The zero-order valence-electron chi connectivity index (χ0n) is 13.2. The number of amides is 3. The van der Waals surface area contributed by atoms with Gasteiger partial charge in [-0.15, -0.1) is 0 Å². The molecule has 1 aliphatic heterocycles. The predicted octanol–water partition coefficient (Wildman–Crippen LogP) is 1.79. The van der Waals surface area contributed by atoms with E-state index in [2.05, 4.69) is 5.32 Å². The van der Waals surface area contributed by atoms with Gasteiger partial charge in [-0.25, -0.2) is 4.79 Å². The van der Waals surface area contributed by atoms with Gasteiger partial charge < -0.3 is 19.5 Å². The third kappa shape index (κ3) is 2.82. The van der Waals surface area contributed by atoms with Crippen LogP contribution in [0.3, 0.4) is 0 Å². The van der Waals surface area contributed by atoms with Gasteiger partial charge >= 0.3 is 6.03 Å². The van der Waals surface area contributed by atoms with Crippen LogP contribution in [-0.2, 0) is 0 Å². The number of likely N-dealkylation sites (tertiary alicyclic amines) is 1. The van der Waals surface area contributed by atoms with Crippen molar-refractivity contribution < 1.29 is 14.0 Å². The van der Waals surface area contributed by atoms with E-state index < -0.39 is 0 Å². The highest BCUT2D eigenvalue weighted by molar-refractivity contribution is 5.91. The van der Waals surface area contributed by atoms with Crippen molar-refractivity contribution in [2.45, 2.75) is 19.3 Å². The van der Waals surface area contributed by atoms with Gasteiger partial charge in [-0.3, -0.25) is 4.79 Å². The predicted molar refractivity (Wildman–Crippen MR) is 81.5 cm³/mol. The summed E-state index contributed by atoms with van der Waals surface area (Å²) in [5.74, 6) is 0.955. The first-order chi connectivity index (χ1) is 10.5. The van der Waals surface area contributed by atoms with Gasteiger partial charge in [0.25, 0.3) is 5.91 Å². The molecular formula is C16H23N3O3. The molecule has 1 aliphatic carbocycles. The second kappa shape index (κ2) is 5.66. The molecule has 0 bridgehead atoms. The van der Waals surface area contributed by atoms with Crippen molar-refractivity contribution in [2.75, 3.05) is 33.7 Å². The minimum Gasteiger partial charge on any atom is -0.459 e. The molecule has 2 aliphatic rings. The summed E-state index contributed by atoms with van der Waals surface area (Å²) in [6.45, 7) is 2.29. The van der Waals surface area contributed by atoms with Crippen molar-refractivity contribution in [1.29, 1.82) is 0 Å². The minimum absolute atomic E-state index is 0.0158. The summed E-state index contributed by atoms with van der Waals surface area (Å²) < 4.78 is 5.18. The Labute approximate surface area is 130 Å². The summed E-state index contributed by atoms with van der Waals surface area (Å²) in [6, 6.07) is 3.42. The molecule has 1 saturated carbocycles. The maximum absolute atomic E-state index is 12.2. The van der Waals surface area contributed by atoms with Gasteiger partial charge in [0.05, 0.1) is 6.26 Å². The van der Waals surface area contributed by atoms with E-state index in [0.717, 1.165) is 38.9 Å². The zero-order valence-corrected chi connectivity index (χ0v) is 13.2. The first-order valence-electron chi connectivity index (χ1n) is 7.80. The largest absolute Gasteiger partial charge is 0.459 e. The van der Waals surface area contributed by atoms with E-state index in [0.29, 0.717) is 17.1 Å². The molecule has 1 N–H and O–H groups in total. The van der Waals surface area contributed by atoms with E-state index in [-0.39, 0.29) is 11.9 Å². The Morgan fingerprint density at radius 3 is 2.73 bits per heavy atom. The number of carbonyl (C=O) groups is 2. The Kier molecular flexibility index (Phi) is 3.85. The fraction of sp³-hybridized carbons (Fsp3) is 0.625. The maximum atomic E-state index is 12.2. The van der Waals surface area contributed by atoms with Crippen LogP contribution >= 0.6 is 0 Å². The molecule has 120 valence electrons. The molecule has 2 fully saturated rings. The highest BCUT2D eigenvalue weighted by Gasteiger charge is 2.54. The lowest BCUT2D eigenvalue weighted by Crippen LogP contribution is -2.40. The van der Waals surface area contributed by atoms with Crippen LogP contribution in [0.2, 0.25) is 0 Å². The number of carbonyl (C=O) groups excluding carboxylic acids is 2. The van der Waals surface area contributed by atoms with Gasteiger partial charge in [0, 0.05) is 33.7 Å². The van der Waals surface area contributed by atoms with Crippen molar-refractivity contribution in [2.24, 2.45) is 11.3 Å².